The number of rotatable bonds is 7. The first kappa shape index (κ1) is 18.7. The highest BCUT2D eigenvalue weighted by Gasteiger charge is 2.41. The summed E-state index contributed by atoms with van der Waals surface area (Å²) in [6.45, 7) is 4.00. The molecule has 132 valence electrons. The summed E-state index contributed by atoms with van der Waals surface area (Å²) in [6, 6.07) is 17.1. The molecule has 0 bridgehead atoms. The van der Waals surface area contributed by atoms with Crippen LogP contribution in [0.2, 0.25) is 0 Å². The van der Waals surface area contributed by atoms with E-state index in [1.54, 1.807) is 60.7 Å². The Kier molecular flexibility index (Phi) is 6.31. The highest BCUT2D eigenvalue weighted by atomic mass is 16.6. The van der Waals surface area contributed by atoms with E-state index in [0.29, 0.717) is 23.6 Å². The fraction of sp³-hybridized carbons (Fsp3) is 0.300. The van der Waals surface area contributed by atoms with E-state index in [1.807, 2.05) is 13.8 Å². The summed E-state index contributed by atoms with van der Waals surface area (Å²) >= 11 is 0. The molecule has 5 nitrogen and oxygen atoms in total. The summed E-state index contributed by atoms with van der Waals surface area (Å²) in [5, 5.41) is 13.8. The van der Waals surface area contributed by atoms with Gasteiger partial charge in [0.05, 0.1) is 0 Å². The summed E-state index contributed by atoms with van der Waals surface area (Å²) in [6.07, 6.45) is 0. The second-order valence-corrected chi connectivity index (χ2v) is 6.22. The van der Waals surface area contributed by atoms with Gasteiger partial charge in [-0.05, 0) is 17.0 Å². The van der Waals surface area contributed by atoms with Crippen LogP contribution in [0.5, 0.6) is 0 Å². The van der Waals surface area contributed by atoms with Crippen LogP contribution in [0.1, 0.15) is 25.0 Å². The van der Waals surface area contributed by atoms with Gasteiger partial charge in [-0.1, -0.05) is 74.5 Å². The number of carbonyl (C=O) groups is 2. The minimum atomic E-state index is -1.97. The molecule has 2 rings (SSSR count). The summed E-state index contributed by atoms with van der Waals surface area (Å²) in [4.78, 5) is 24.4. The number of ether oxygens (including phenoxy) is 1. The van der Waals surface area contributed by atoms with Crippen LogP contribution in [0.4, 0.5) is 0 Å². The molecule has 0 aromatic heterocycles. The number of benzene rings is 2. The van der Waals surface area contributed by atoms with Crippen molar-refractivity contribution in [2.75, 3.05) is 13.2 Å². The fourth-order valence-corrected chi connectivity index (χ4v) is 2.37. The Morgan fingerprint density at radius 2 is 1.48 bits per heavy atom. The lowest BCUT2D eigenvalue weighted by Crippen LogP contribution is -2.41. The van der Waals surface area contributed by atoms with Crippen molar-refractivity contribution in [1.29, 1.82) is 0 Å². The Hall–Kier alpha value is -2.66. The highest BCUT2D eigenvalue weighted by molar-refractivity contribution is 5.88. The smallest absolute Gasteiger partial charge is 0.348 e. The second-order valence-electron chi connectivity index (χ2n) is 6.22. The van der Waals surface area contributed by atoms with Crippen molar-refractivity contribution < 1.29 is 19.4 Å². The fourth-order valence-electron chi connectivity index (χ4n) is 2.37. The number of aliphatic hydroxyl groups is 1. The van der Waals surface area contributed by atoms with Gasteiger partial charge >= 0.3 is 5.97 Å². The topological polar surface area (TPSA) is 75.6 Å². The summed E-state index contributed by atoms with van der Waals surface area (Å²) in [5.41, 5.74) is -1.21. The van der Waals surface area contributed by atoms with E-state index in [9.17, 15) is 14.7 Å². The molecule has 25 heavy (non-hydrogen) atoms. The van der Waals surface area contributed by atoms with Gasteiger partial charge in [-0.3, -0.25) is 4.79 Å². The molecule has 0 saturated carbocycles. The molecule has 2 aromatic rings. The van der Waals surface area contributed by atoms with E-state index in [4.69, 9.17) is 4.74 Å². The van der Waals surface area contributed by atoms with E-state index in [2.05, 4.69) is 5.32 Å². The Morgan fingerprint density at radius 3 is 1.92 bits per heavy atom. The molecule has 0 atom stereocenters. The van der Waals surface area contributed by atoms with Gasteiger partial charge in [0.1, 0.15) is 0 Å². The number of nitrogens with one attached hydrogen (secondary N) is 1. The van der Waals surface area contributed by atoms with Crippen LogP contribution in [0, 0.1) is 5.92 Å². The number of carbonyl (C=O) groups excluding carboxylic acids is 2. The lowest BCUT2D eigenvalue weighted by molar-refractivity contribution is -0.164. The maximum Gasteiger partial charge on any atom is 0.348 e. The zero-order valence-corrected chi connectivity index (χ0v) is 14.4. The SMILES string of the molecule is CC(C)CNC(=O)COC(=O)C(O)(c1ccccc1)c1ccccc1. The maximum absolute atomic E-state index is 12.7. The largest absolute Gasteiger partial charge is 0.453 e. The minimum Gasteiger partial charge on any atom is -0.453 e. The van der Waals surface area contributed by atoms with Crippen LogP contribution in [-0.4, -0.2) is 30.1 Å². The van der Waals surface area contributed by atoms with Crippen LogP contribution < -0.4 is 5.32 Å². The second kappa shape index (κ2) is 8.44. The molecule has 0 heterocycles. The van der Waals surface area contributed by atoms with Gasteiger partial charge in [-0.25, -0.2) is 4.79 Å². The van der Waals surface area contributed by atoms with Crippen LogP contribution in [0.3, 0.4) is 0 Å². The molecule has 0 aliphatic rings. The van der Waals surface area contributed by atoms with Crippen LogP contribution >= 0.6 is 0 Å². The van der Waals surface area contributed by atoms with E-state index in [-0.39, 0.29) is 0 Å². The first-order valence-corrected chi connectivity index (χ1v) is 8.22. The van der Waals surface area contributed by atoms with Crippen molar-refractivity contribution in [3.8, 4) is 0 Å². The van der Waals surface area contributed by atoms with E-state index >= 15 is 0 Å². The van der Waals surface area contributed by atoms with E-state index in [0.717, 1.165) is 0 Å². The lowest BCUT2D eigenvalue weighted by Gasteiger charge is -2.27. The number of esters is 1. The molecule has 1 amide bonds. The first-order chi connectivity index (χ1) is 11.9. The molecule has 2 N–H and O–H groups in total. The molecule has 0 aliphatic carbocycles. The Balaban J connectivity index is 2.19. The average molecular weight is 341 g/mol. The predicted octanol–water partition coefficient (Wildman–Crippen LogP) is 2.24. The first-order valence-electron chi connectivity index (χ1n) is 8.22. The zero-order valence-electron chi connectivity index (χ0n) is 14.4. The number of hydrogen-bond donors (Lipinski definition) is 2. The number of amides is 1. The van der Waals surface area contributed by atoms with Gasteiger partial charge in [-0.15, -0.1) is 0 Å². The van der Waals surface area contributed by atoms with E-state index < -0.39 is 24.1 Å². The highest BCUT2D eigenvalue weighted by Crippen LogP contribution is 2.30. The molecule has 0 radical (unpaired) electrons. The molecular formula is C20H23NO4. The van der Waals surface area contributed by atoms with Crippen molar-refractivity contribution in [1.82, 2.24) is 5.32 Å². The molecule has 2 aromatic carbocycles. The third kappa shape index (κ3) is 4.67. The molecule has 0 fully saturated rings. The van der Waals surface area contributed by atoms with Crippen molar-refractivity contribution in [3.63, 3.8) is 0 Å². The van der Waals surface area contributed by atoms with Crippen molar-refractivity contribution in [2.24, 2.45) is 5.92 Å². The van der Waals surface area contributed by atoms with Gasteiger partial charge in [0, 0.05) is 6.54 Å². The molecule has 0 unspecified atom stereocenters. The van der Waals surface area contributed by atoms with Gasteiger partial charge in [-0.2, -0.15) is 0 Å². The lowest BCUT2D eigenvalue weighted by atomic mass is 9.86. The quantitative estimate of drug-likeness (QED) is 0.757. The molecule has 5 heteroatoms. The third-order valence-electron chi connectivity index (χ3n) is 3.72. The third-order valence-corrected chi connectivity index (χ3v) is 3.72. The van der Waals surface area contributed by atoms with E-state index in [1.165, 1.54) is 0 Å². The van der Waals surface area contributed by atoms with Gasteiger partial charge in [0.15, 0.2) is 6.61 Å². The summed E-state index contributed by atoms with van der Waals surface area (Å²) in [7, 11) is 0. The molecule has 0 spiro atoms. The Bertz CT molecular complexity index is 659. The minimum absolute atomic E-state index is 0.297. The normalized spacial score (nSPS) is 11.2. The zero-order chi connectivity index (χ0) is 18.3. The Labute approximate surface area is 147 Å². The molecule has 0 saturated heterocycles. The molecular weight excluding hydrogens is 318 g/mol. The van der Waals surface area contributed by atoms with Crippen molar-refractivity contribution in [3.05, 3.63) is 71.8 Å². The maximum atomic E-state index is 12.7. The van der Waals surface area contributed by atoms with Crippen LogP contribution in [0.25, 0.3) is 0 Å². The van der Waals surface area contributed by atoms with Crippen LogP contribution in [0.15, 0.2) is 60.7 Å². The molecule has 0 aliphatic heterocycles. The number of hydrogen-bond acceptors (Lipinski definition) is 4. The Morgan fingerprint density at radius 1 is 1.00 bits per heavy atom. The van der Waals surface area contributed by atoms with Gasteiger partial charge in [0.2, 0.25) is 5.60 Å². The summed E-state index contributed by atoms with van der Waals surface area (Å²) < 4.78 is 5.11. The predicted molar refractivity (Wildman–Crippen MR) is 94.7 cm³/mol. The van der Waals surface area contributed by atoms with Crippen LogP contribution in [-0.2, 0) is 19.9 Å². The standard InChI is InChI=1S/C20H23NO4/c1-15(2)13-21-18(22)14-25-19(23)20(24,16-9-5-3-6-10-16)17-11-7-4-8-12-17/h3-12,15,24H,13-14H2,1-2H3,(H,21,22). The van der Waals surface area contributed by atoms with Gasteiger partial charge < -0.3 is 15.2 Å². The monoisotopic (exact) mass is 341 g/mol. The van der Waals surface area contributed by atoms with Gasteiger partial charge in [0.25, 0.3) is 5.91 Å². The van der Waals surface area contributed by atoms with Crippen molar-refractivity contribution >= 4 is 11.9 Å². The van der Waals surface area contributed by atoms with Crippen molar-refractivity contribution in [2.45, 2.75) is 19.4 Å². The average Bonchev–Trinajstić information content (AvgIpc) is 2.65. The summed E-state index contributed by atoms with van der Waals surface area (Å²) in [5.74, 6) is -0.986.